The van der Waals surface area contributed by atoms with Crippen molar-refractivity contribution in [1.29, 1.82) is 0 Å². The molecule has 2 aromatic heterocycles. The molecule has 5 rings (SSSR count). The van der Waals surface area contributed by atoms with E-state index in [0.29, 0.717) is 48.7 Å². The van der Waals surface area contributed by atoms with Crippen LogP contribution in [0.5, 0.6) is 0 Å². The fourth-order valence-corrected chi connectivity index (χ4v) is 5.14. The number of hydrogen-bond acceptors (Lipinski definition) is 13. The highest BCUT2D eigenvalue weighted by Crippen LogP contribution is 2.35. The van der Waals surface area contributed by atoms with E-state index in [9.17, 15) is 24.6 Å². The molecule has 0 aliphatic carbocycles. The molecular weight excluding hydrogens is 536 g/mol. The van der Waals surface area contributed by atoms with Crippen molar-refractivity contribution < 1.29 is 24.5 Å². The standard InChI is InChI=1S/C13H20N4O3.C10H16N4O3.C3H6O/c1-6-9(20-13(2,3)19-6)7-4-8-10(15-5-7)16-12(14)17-11(8)18;1-4(15)7(16)5-2-6-8(12-3-5)13-10(11)14-9(6)17;1-3(2)4/h6-7,9H,4-5H2,1-3H3,(H4,14,15,16,17,18);4-5,7,15-16H,2-3H2,1H3,(H4,11,12,13,14,17);1-2H3/t6-,7+,9-;4-,5+,7-;/m00./s1. The molecule has 15 nitrogen and oxygen atoms in total. The number of anilines is 4. The number of ether oxygens (including phenoxy) is 2. The predicted octanol–water partition coefficient (Wildman–Crippen LogP) is -0.250. The Morgan fingerprint density at radius 2 is 1.44 bits per heavy atom. The highest BCUT2D eigenvalue weighted by Gasteiger charge is 2.44. The van der Waals surface area contributed by atoms with E-state index < -0.39 is 18.0 Å². The number of aliphatic hydroxyl groups excluding tert-OH is 2. The molecule has 0 unspecified atom stereocenters. The number of aromatic nitrogens is 4. The van der Waals surface area contributed by atoms with Gasteiger partial charge in [0.15, 0.2) is 5.79 Å². The molecule has 0 bridgehead atoms. The number of carbonyl (C=O) groups is 1. The summed E-state index contributed by atoms with van der Waals surface area (Å²) in [6, 6.07) is 0. The molecule has 5 heterocycles. The van der Waals surface area contributed by atoms with Gasteiger partial charge in [-0.05, 0) is 54.4 Å². The number of nitrogen functional groups attached to an aromatic ring is 2. The number of aliphatic hydroxyl groups is 2. The van der Waals surface area contributed by atoms with Gasteiger partial charge in [0.1, 0.15) is 17.4 Å². The van der Waals surface area contributed by atoms with Crippen molar-refractivity contribution in [3.05, 3.63) is 31.8 Å². The normalized spacial score (nSPS) is 25.4. The van der Waals surface area contributed by atoms with E-state index in [1.807, 2.05) is 20.8 Å². The number of nitrogens with one attached hydrogen (secondary N) is 4. The summed E-state index contributed by atoms with van der Waals surface area (Å²) >= 11 is 0. The van der Waals surface area contributed by atoms with E-state index in [4.69, 9.17) is 20.9 Å². The molecule has 0 spiro atoms. The first kappa shape index (κ1) is 32.0. The Bertz CT molecular complexity index is 1340. The minimum Gasteiger partial charge on any atom is -0.391 e. The molecule has 0 amide bonds. The summed E-state index contributed by atoms with van der Waals surface area (Å²) in [6.45, 7) is 11.5. The van der Waals surface area contributed by atoms with Gasteiger partial charge < -0.3 is 46.6 Å². The molecule has 41 heavy (non-hydrogen) atoms. The quantitative estimate of drug-likeness (QED) is 0.234. The number of carbonyl (C=O) groups excluding carboxylic acids is 1. The number of Topliss-reactive ketones (excluding diaryl/α,β-unsaturated/α-hetero) is 1. The summed E-state index contributed by atoms with van der Waals surface area (Å²) in [6.07, 6.45) is -0.755. The van der Waals surface area contributed by atoms with Crippen molar-refractivity contribution in [3.63, 3.8) is 0 Å². The maximum absolute atomic E-state index is 12.0. The number of hydrogen-bond donors (Lipinski definition) is 8. The number of rotatable bonds is 3. The van der Waals surface area contributed by atoms with Gasteiger partial charge >= 0.3 is 0 Å². The molecule has 3 aliphatic rings. The number of ketones is 1. The fourth-order valence-electron chi connectivity index (χ4n) is 5.14. The minimum absolute atomic E-state index is 0.000766. The van der Waals surface area contributed by atoms with Crippen molar-refractivity contribution in [3.8, 4) is 0 Å². The second kappa shape index (κ2) is 13.0. The van der Waals surface area contributed by atoms with Crippen LogP contribution >= 0.6 is 0 Å². The molecular formula is C26H42N8O7. The topological polar surface area (TPSA) is 244 Å². The van der Waals surface area contributed by atoms with Crippen molar-refractivity contribution in [2.45, 2.75) is 84.6 Å². The molecule has 1 saturated heterocycles. The highest BCUT2D eigenvalue weighted by atomic mass is 16.7. The molecule has 2 aromatic rings. The van der Waals surface area contributed by atoms with Crippen LogP contribution in [-0.4, -0.2) is 79.2 Å². The summed E-state index contributed by atoms with van der Waals surface area (Å²) in [7, 11) is 0. The Hall–Kier alpha value is -3.53. The van der Waals surface area contributed by atoms with Crippen LogP contribution in [0, 0.1) is 11.8 Å². The SMILES string of the molecule is CC(C)=O.C[C@@H]1OC(C)(C)O[C@@H]1[C@H]1CNc2nc(N)[nH]c(=O)c2C1.C[C@H](O)[C@H](O)[C@H]1CNc2nc(N)[nH]c(=O)c2C1. The average molecular weight is 579 g/mol. The van der Waals surface area contributed by atoms with E-state index in [0.717, 1.165) is 0 Å². The van der Waals surface area contributed by atoms with Crippen LogP contribution in [0.2, 0.25) is 0 Å². The van der Waals surface area contributed by atoms with Gasteiger partial charge in [0.05, 0.1) is 35.5 Å². The van der Waals surface area contributed by atoms with E-state index >= 15 is 0 Å². The molecule has 15 heteroatoms. The average Bonchev–Trinajstić information content (AvgIpc) is 3.15. The summed E-state index contributed by atoms with van der Waals surface area (Å²) in [5.74, 6) is 0.787. The largest absolute Gasteiger partial charge is 0.391 e. The molecule has 3 aliphatic heterocycles. The van der Waals surface area contributed by atoms with E-state index in [-0.39, 0.29) is 52.8 Å². The van der Waals surface area contributed by atoms with Gasteiger partial charge in [0.2, 0.25) is 11.9 Å². The van der Waals surface area contributed by atoms with Gasteiger partial charge in [0.25, 0.3) is 11.1 Å². The Balaban J connectivity index is 0.000000202. The lowest BCUT2D eigenvalue weighted by Gasteiger charge is -2.30. The van der Waals surface area contributed by atoms with Gasteiger partial charge in [-0.1, -0.05) is 0 Å². The summed E-state index contributed by atoms with van der Waals surface area (Å²) < 4.78 is 11.7. The molecule has 228 valence electrons. The first-order chi connectivity index (χ1) is 19.1. The Kier molecular flexibility index (Phi) is 10.1. The Morgan fingerprint density at radius 1 is 0.951 bits per heavy atom. The number of fused-ring (bicyclic) bond motifs is 2. The third kappa shape index (κ3) is 8.25. The molecule has 0 saturated carbocycles. The van der Waals surface area contributed by atoms with Crippen LogP contribution in [0.1, 0.15) is 52.7 Å². The lowest BCUT2D eigenvalue weighted by molar-refractivity contribution is -0.149. The van der Waals surface area contributed by atoms with Crippen molar-refractivity contribution in [2.24, 2.45) is 11.8 Å². The van der Waals surface area contributed by atoms with Crippen molar-refractivity contribution >= 4 is 29.3 Å². The van der Waals surface area contributed by atoms with Gasteiger partial charge in [-0.15, -0.1) is 0 Å². The number of nitrogens with zero attached hydrogens (tertiary/aromatic N) is 2. The van der Waals surface area contributed by atoms with Gasteiger partial charge in [-0.2, -0.15) is 9.97 Å². The Morgan fingerprint density at radius 3 is 1.90 bits per heavy atom. The molecule has 6 atom stereocenters. The Labute approximate surface area is 237 Å². The number of H-pyrrole nitrogens is 2. The van der Waals surface area contributed by atoms with Crippen LogP contribution in [-0.2, 0) is 27.1 Å². The fraction of sp³-hybridized carbons (Fsp3) is 0.654. The van der Waals surface area contributed by atoms with Crippen LogP contribution in [0.4, 0.5) is 23.5 Å². The molecule has 0 radical (unpaired) electrons. The van der Waals surface area contributed by atoms with Crippen molar-refractivity contribution in [1.82, 2.24) is 19.9 Å². The predicted molar refractivity (Wildman–Crippen MR) is 153 cm³/mol. The zero-order chi connectivity index (χ0) is 30.6. The monoisotopic (exact) mass is 578 g/mol. The number of aromatic amines is 2. The third-order valence-electron chi connectivity index (χ3n) is 6.86. The maximum atomic E-state index is 12.0. The summed E-state index contributed by atoms with van der Waals surface area (Å²) in [4.78, 5) is 46.1. The highest BCUT2D eigenvalue weighted by molar-refractivity contribution is 5.72. The first-order valence-electron chi connectivity index (χ1n) is 13.5. The van der Waals surface area contributed by atoms with Crippen molar-refractivity contribution in [2.75, 3.05) is 35.2 Å². The van der Waals surface area contributed by atoms with Crippen LogP contribution in [0.25, 0.3) is 0 Å². The summed E-state index contributed by atoms with van der Waals surface area (Å²) in [5, 5.41) is 25.2. The van der Waals surface area contributed by atoms with Crippen LogP contribution in [0.3, 0.4) is 0 Å². The van der Waals surface area contributed by atoms with E-state index in [1.165, 1.54) is 20.8 Å². The van der Waals surface area contributed by atoms with E-state index in [1.54, 1.807) is 0 Å². The van der Waals surface area contributed by atoms with Gasteiger partial charge in [-0.3, -0.25) is 19.6 Å². The second-order valence-electron chi connectivity index (χ2n) is 11.2. The molecule has 0 aromatic carbocycles. The van der Waals surface area contributed by atoms with Gasteiger partial charge in [0, 0.05) is 24.9 Å². The zero-order valence-corrected chi connectivity index (χ0v) is 24.3. The smallest absolute Gasteiger partial charge is 0.257 e. The lowest BCUT2D eigenvalue weighted by atomic mass is 9.89. The van der Waals surface area contributed by atoms with Crippen LogP contribution in [0.15, 0.2) is 9.59 Å². The minimum atomic E-state index is -0.868. The summed E-state index contributed by atoms with van der Waals surface area (Å²) in [5.41, 5.74) is 11.6. The number of nitrogens with two attached hydrogens (primary N) is 2. The first-order valence-corrected chi connectivity index (χ1v) is 13.5. The maximum Gasteiger partial charge on any atom is 0.257 e. The second-order valence-corrected chi connectivity index (χ2v) is 11.2. The molecule has 10 N–H and O–H groups in total. The molecule has 1 fully saturated rings. The van der Waals surface area contributed by atoms with Gasteiger partial charge in [-0.25, -0.2) is 0 Å². The van der Waals surface area contributed by atoms with Crippen LogP contribution < -0.4 is 33.2 Å². The third-order valence-corrected chi connectivity index (χ3v) is 6.86. The lowest BCUT2D eigenvalue weighted by Crippen LogP contribution is -2.41. The zero-order valence-electron chi connectivity index (χ0n) is 24.3. The van der Waals surface area contributed by atoms with E-state index in [2.05, 4.69) is 30.6 Å².